The number of piperidine rings is 1. The molecule has 0 saturated carbocycles. The van der Waals surface area contributed by atoms with Gasteiger partial charge in [-0.25, -0.2) is 4.79 Å². The number of hydrogen-bond donors (Lipinski definition) is 3. The third-order valence-corrected chi connectivity index (χ3v) is 4.43. The summed E-state index contributed by atoms with van der Waals surface area (Å²) >= 11 is 0. The average Bonchev–Trinajstić information content (AvgIpc) is 2.83. The molecule has 1 unspecified atom stereocenters. The van der Waals surface area contributed by atoms with Crippen molar-refractivity contribution in [3.63, 3.8) is 0 Å². The van der Waals surface area contributed by atoms with Crippen LogP contribution in [-0.4, -0.2) is 62.7 Å². The molecule has 116 valence electrons. The van der Waals surface area contributed by atoms with Crippen LogP contribution in [0.2, 0.25) is 0 Å². The molecular formula is C13H23N7O. The molecular weight excluding hydrogens is 270 g/mol. The number of hydrogen-bond acceptors (Lipinski definition) is 5. The zero-order chi connectivity index (χ0) is 14.8. The van der Waals surface area contributed by atoms with Crippen LogP contribution in [0.4, 0.5) is 10.7 Å². The third-order valence-electron chi connectivity index (χ3n) is 4.43. The second kappa shape index (κ2) is 5.88. The Hall–Kier alpha value is -1.83. The maximum atomic E-state index is 12.0. The molecule has 0 bridgehead atoms. The second-order valence-electron chi connectivity index (χ2n) is 5.94. The van der Waals surface area contributed by atoms with Crippen molar-refractivity contribution >= 4 is 12.0 Å². The normalized spacial score (nSPS) is 23.9. The van der Waals surface area contributed by atoms with Crippen molar-refractivity contribution in [3.8, 4) is 0 Å². The number of anilines is 1. The van der Waals surface area contributed by atoms with Gasteiger partial charge in [-0.2, -0.15) is 4.98 Å². The van der Waals surface area contributed by atoms with Crippen LogP contribution in [0.3, 0.4) is 0 Å². The summed E-state index contributed by atoms with van der Waals surface area (Å²) in [6, 6.07) is 1.11. The lowest BCUT2D eigenvalue weighted by molar-refractivity contribution is 0.0168. The van der Waals surface area contributed by atoms with E-state index in [-0.39, 0.29) is 12.0 Å². The number of aromatic amines is 1. The van der Waals surface area contributed by atoms with Gasteiger partial charge in [0.2, 0.25) is 5.95 Å². The molecule has 3 rings (SSSR count). The van der Waals surface area contributed by atoms with E-state index < -0.39 is 0 Å². The van der Waals surface area contributed by atoms with Crippen LogP contribution >= 0.6 is 0 Å². The fourth-order valence-electron chi connectivity index (χ4n) is 3.15. The number of amides is 2. The summed E-state index contributed by atoms with van der Waals surface area (Å²) in [6.45, 7) is 5.41. The van der Waals surface area contributed by atoms with Gasteiger partial charge in [0, 0.05) is 25.2 Å². The standard InChI is InChI=1S/C13H23N7O/c1-9-4-2-3-5-20(9)10-7-19(8-10)13(21)15-6-11-16-12(14)18-17-11/h9-10H,2-8H2,1H3,(H,15,21)(H3,14,16,17,18). The summed E-state index contributed by atoms with van der Waals surface area (Å²) in [5.41, 5.74) is 5.41. The highest BCUT2D eigenvalue weighted by Gasteiger charge is 2.37. The van der Waals surface area contributed by atoms with Crippen molar-refractivity contribution in [1.82, 2.24) is 30.3 Å². The van der Waals surface area contributed by atoms with E-state index in [1.54, 1.807) is 0 Å². The van der Waals surface area contributed by atoms with E-state index in [4.69, 9.17) is 5.73 Å². The van der Waals surface area contributed by atoms with Gasteiger partial charge in [0.25, 0.3) is 0 Å². The second-order valence-corrected chi connectivity index (χ2v) is 5.94. The van der Waals surface area contributed by atoms with E-state index in [0.717, 1.165) is 13.1 Å². The summed E-state index contributed by atoms with van der Waals surface area (Å²) in [6.07, 6.45) is 3.88. The topological polar surface area (TPSA) is 103 Å². The fraction of sp³-hybridized carbons (Fsp3) is 0.769. The Morgan fingerprint density at radius 2 is 2.29 bits per heavy atom. The Morgan fingerprint density at radius 1 is 1.48 bits per heavy atom. The Morgan fingerprint density at radius 3 is 2.95 bits per heavy atom. The monoisotopic (exact) mass is 293 g/mol. The van der Waals surface area contributed by atoms with Gasteiger partial charge in [0.05, 0.1) is 6.54 Å². The minimum atomic E-state index is -0.0501. The Labute approximate surface area is 124 Å². The van der Waals surface area contributed by atoms with Gasteiger partial charge in [-0.05, 0) is 26.3 Å². The Bertz CT molecular complexity index is 496. The van der Waals surface area contributed by atoms with Crippen molar-refractivity contribution in [2.24, 2.45) is 0 Å². The lowest BCUT2D eigenvalue weighted by Gasteiger charge is -2.49. The molecule has 3 heterocycles. The predicted octanol–water partition coefficient (Wildman–Crippen LogP) is 0.155. The number of H-pyrrole nitrogens is 1. The van der Waals surface area contributed by atoms with Crippen LogP contribution in [-0.2, 0) is 6.54 Å². The van der Waals surface area contributed by atoms with Crippen molar-refractivity contribution in [2.75, 3.05) is 25.4 Å². The largest absolute Gasteiger partial charge is 0.367 e. The molecule has 2 aliphatic heterocycles. The fourth-order valence-corrected chi connectivity index (χ4v) is 3.15. The highest BCUT2D eigenvalue weighted by molar-refractivity contribution is 5.75. The minimum Gasteiger partial charge on any atom is -0.367 e. The smallest absolute Gasteiger partial charge is 0.317 e. The number of nitrogens with two attached hydrogens (primary N) is 1. The number of carbonyl (C=O) groups excluding carboxylic acids is 1. The SMILES string of the molecule is CC1CCCCN1C1CN(C(=O)NCc2nc(N)n[nH]2)C1. The van der Waals surface area contributed by atoms with Crippen molar-refractivity contribution in [2.45, 2.75) is 44.8 Å². The van der Waals surface area contributed by atoms with Gasteiger partial charge in [-0.15, -0.1) is 5.10 Å². The van der Waals surface area contributed by atoms with E-state index in [1.165, 1.54) is 25.8 Å². The summed E-state index contributed by atoms with van der Waals surface area (Å²) < 4.78 is 0. The quantitative estimate of drug-likeness (QED) is 0.736. The van der Waals surface area contributed by atoms with Gasteiger partial charge < -0.3 is 16.0 Å². The number of nitrogens with zero attached hydrogens (tertiary/aromatic N) is 4. The van der Waals surface area contributed by atoms with Gasteiger partial charge in [-0.3, -0.25) is 10.00 Å². The van der Waals surface area contributed by atoms with Crippen LogP contribution in [0.5, 0.6) is 0 Å². The first-order chi connectivity index (χ1) is 10.1. The maximum Gasteiger partial charge on any atom is 0.317 e. The first-order valence-corrected chi connectivity index (χ1v) is 7.59. The van der Waals surface area contributed by atoms with Crippen molar-refractivity contribution in [1.29, 1.82) is 0 Å². The van der Waals surface area contributed by atoms with Gasteiger partial charge >= 0.3 is 6.03 Å². The molecule has 2 amide bonds. The van der Waals surface area contributed by atoms with Crippen molar-refractivity contribution < 1.29 is 4.79 Å². The molecule has 4 N–H and O–H groups in total. The summed E-state index contributed by atoms with van der Waals surface area (Å²) in [4.78, 5) is 20.4. The van der Waals surface area contributed by atoms with E-state index in [0.29, 0.717) is 24.5 Å². The van der Waals surface area contributed by atoms with E-state index >= 15 is 0 Å². The molecule has 8 nitrogen and oxygen atoms in total. The summed E-state index contributed by atoms with van der Waals surface area (Å²) in [5.74, 6) is 0.768. The van der Waals surface area contributed by atoms with Crippen LogP contribution in [0, 0.1) is 0 Å². The van der Waals surface area contributed by atoms with Crippen LogP contribution < -0.4 is 11.1 Å². The molecule has 0 aromatic carbocycles. The van der Waals surface area contributed by atoms with Crippen molar-refractivity contribution in [3.05, 3.63) is 5.82 Å². The summed E-state index contributed by atoms with van der Waals surface area (Å²) in [5, 5.41) is 9.23. The molecule has 1 aromatic rings. The molecule has 2 fully saturated rings. The first kappa shape index (κ1) is 14.1. The number of nitrogens with one attached hydrogen (secondary N) is 2. The molecule has 1 atom stereocenters. The number of likely N-dealkylation sites (tertiary alicyclic amines) is 2. The summed E-state index contributed by atoms with van der Waals surface area (Å²) in [7, 11) is 0. The Kier molecular flexibility index (Phi) is 3.96. The molecule has 0 radical (unpaired) electrons. The molecule has 8 heteroatoms. The lowest BCUT2D eigenvalue weighted by atomic mass is 9.98. The van der Waals surface area contributed by atoms with E-state index in [2.05, 4.69) is 32.3 Å². The van der Waals surface area contributed by atoms with Gasteiger partial charge in [-0.1, -0.05) is 6.42 Å². The molecule has 2 saturated heterocycles. The molecule has 21 heavy (non-hydrogen) atoms. The average molecular weight is 293 g/mol. The molecule has 0 aliphatic carbocycles. The maximum absolute atomic E-state index is 12.0. The van der Waals surface area contributed by atoms with Gasteiger partial charge in [0.15, 0.2) is 0 Å². The van der Waals surface area contributed by atoms with E-state index in [9.17, 15) is 4.79 Å². The minimum absolute atomic E-state index is 0.0501. The zero-order valence-corrected chi connectivity index (χ0v) is 12.4. The molecule has 1 aromatic heterocycles. The predicted molar refractivity (Wildman–Crippen MR) is 78.4 cm³/mol. The third kappa shape index (κ3) is 3.10. The van der Waals surface area contributed by atoms with Gasteiger partial charge in [0.1, 0.15) is 5.82 Å². The van der Waals surface area contributed by atoms with E-state index in [1.807, 2.05) is 4.90 Å². The highest BCUT2D eigenvalue weighted by Crippen LogP contribution is 2.24. The number of rotatable bonds is 3. The zero-order valence-electron chi connectivity index (χ0n) is 12.4. The number of urea groups is 1. The van der Waals surface area contributed by atoms with Crippen LogP contribution in [0.1, 0.15) is 32.0 Å². The molecule has 2 aliphatic rings. The number of nitrogen functional groups attached to an aromatic ring is 1. The Balaban J connectivity index is 1.42. The highest BCUT2D eigenvalue weighted by atomic mass is 16.2. The molecule has 0 spiro atoms. The number of aromatic nitrogens is 3. The number of carbonyl (C=O) groups is 1. The first-order valence-electron chi connectivity index (χ1n) is 7.59. The van der Waals surface area contributed by atoms with Crippen LogP contribution in [0.15, 0.2) is 0 Å². The van der Waals surface area contributed by atoms with Crippen LogP contribution in [0.25, 0.3) is 0 Å². The lowest BCUT2D eigenvalue weighted by Crippen LogP contribution is -2.64.